The van der Waals surface area contributed by atoms with Crippen LogP contribution in [0.15, 0.2) is 111 Å². The summed E-state index contributed by atoms with van der Waals surface area (Å²) in [5.41, 5.74) is 2.54. The molecule has 0 atom stereocenters. The van der Waals surface area contributed by atoms with Gasteiger partial charge in [0.2, 0.25) is 5.82 Å². The standard InChI is InChI=1S/C31H20ClN3O5/c32-23-12-13-27-22(15-23)16-28(40-27)29-34-26-7-2-1-6-25(26)30(36)35(29)33-17-20-4-3-5-24(14-20)39-18-19-8-10-21(11-9-19)31(37)38/h1-17H,18H2,(H,37,38). The molecule has 6 aromatic rings. The van der Waals surface area contributed by atoms with Crippen LogP contribution >= 0.6 is 11.6 Å². The van der Waals surface area contributed by atoms with E-state index in [1.54, 1.807) is 72.9 Å². The van der Waals surface area contributed by atoms with E-state index in [1.807, 2.05) is 18.2 Å². The summed E-state index contributed by atoms with van der Waals surface area (Å²) in [6.45, 7) is 0.259. The van der Waals surface area contributed by atoms with Gasteiger partial charge in [0, 0.05) is 10.4 Å². The van der Waals surface area contributed by atoms with Crippen molar-refractivity contribution in [2.24, 2.45) is 5.10 Å². The first-order valence-corrected chi connectivity index (χ1v) is 12.6. The maximum atomic E-state index is 13.5. The average Bonchev–Trinajstić information content (AvgIpc) is 3.39. The smallest absolute Gasteiger partial charge is 0.335 e. The second-order valence-corrected chi connectivity index (χ2v) is 9.41. The van der Waals surface area contributed by atoms with Gasteiger partial charge in [0.25, 0.3) is 5.56 Å². The van der Waals surface area contributed by atoms with Crippen molar-refractivity contribution < 1.29 is 19.1 Å². The lowest BCUT2D eigenvalue weighted by Gasteiger charge is -2.08. The number of aromatic nitrogens is 2. The number of halogens is 1. The van der Waals surface area contributed by atoms with Gasteiger partial charge in [-0.25, -0.2) is 9.78 Å². The minimum atomic E-state index is -0.979. The number of carboxylic acid groups (broad SMARTS) is 1. The highest BCUT2D eigenvalue weighted by Gasteiger charge is 2.16. The molecular weight excluding hydrogens is 530 g/mol. The highest BCUT2D eigenvalue weighted by molar-refractivity contribution is 6.31. The van der Waals surface area contributed by atoms with Crippen molar-refractivity contribution in [2.45, 2.75) is 6.61 Å². The van der Waals surface area contributed by atoms with E-state index in [1.165, 1.54) is 16.8 Å². The van der Waals surface area contributed by atoms with E-state index in [4.69, 9.17) is 30.8 Å². The van der Waals surface area contributed by atoms with Gasteiger partial charge in [-0.3, -0.25) is 4.79 Å². The molecule has 0 aliphatic rings. The molecule has 0 aliphatic heterocycles. The second-order valence-electron chi connectivity index (χ2n) is 8.97. The van der Waals surface area contributed by atoms with Crippen LogP contribution in [0.5, 0.6) is 5.75 Å². The lowest BCUT2D eigenvalue weighted by Crippen LogP contribution is -2.20. The summed E-state index contributed by atoms with van der Waals surface area (Å²) in [6, 6.07) is 27.9. The fourth-order valence-electron chi connectivity index (χ4n) is 4.23. The van der Waals surface area contributed by atoms with E-state index in [9.17, 15) is 9.59 Å². The minimum Gasteiger partial charge on any atom is -0.489 e. The number of para-hydroxylation sites is 1. The molecule has 2 aromatic heterocycles. The van der Waals surface area contributed by atoms with Crippen LogP contribution < -0.4 is 10.3 Å². The third-order valence-corrected chi connectivity index (χ3v) is 6.47. The Morgan fingerprint density at radius 3 is 2.65 bits per heavy atom. The Balaban J connectivity index is 1.33. The van der Waals surface area contributed by atoms with Crippen LogP contribution in [0.1, 0.15) is 21.5 Å². The Kier molecular flexibility index (Phi) is 6.59. The minimum absolute atomic E-state index is 0.214. The second kappa shape index (κ2) is 10.5. The maximum absolute atomic E-state index is 13.5. The van der Waals surface area contributed by atoms with Gasteiger partial charge < -0.3 is 14.3 Å². The van der Waals surface area contributed by atoms with Crippen molar-refractivity contribution in [3.63, 3.8) is 0 Å². The van der Waals surface area contributed by atoms with Gasteiger partial charge in [-0.05, 0) is 71.8 Å². The van der Waals surface area contributed by atoms with Crippen molar-refractivity contribution in [2.75, 3.05) is 0 Å². The van der Waals surface area contributed by atoms with Crippen LogP contribution in [-0.4, -0.2) is 27.0 Å². The number of carboxylic acids is 1. The summed E-state index contributed by atoms with van der Waals surface area (Å²) in [5, 5.41) is 15.3. The Hall–Kier alpha value is -5.21. The predicted octanol–water partition coefficient (Wildman–Crippen LogP) is 6.62. The van der Waals surface area contributed by atoms with E-state index in [0.29, 0.717) is 38.6 Å². The largest absolute Gasteiger partial charge is 0.489 e. The summed E-state index contributed by atoms with van der Waals surface area (Å²) in [7, 11) is 0. The Morgan fingerprint density at radius 1 is 1.00 bits per heavy atom. The number of rotatable bonds is 7. The highest BCUT2D eigenvalue weighted by atomic mass is 35.5. The quantitative estimate of drug-likeness (QED) is 0.224. The van der Waals surface area contributed by atoms with Gasteiger partial charge >= 0.3 is 5.97 Å². The lowest BCUT2D eigenvalue weighted by molar-refractivity contribution is 0.0697. The van der Waals surface area contributed by atoms with E-state index >= 15 is 0 Å². The molecule has 9 heteroatoms. The van der Waals surface area contributed by atoms with Gasteiger partial charge in [0.05, 0.1) is 22.7 Å². The third kappa shape index (κ3) is 5.08. The zero-order valence-electron chi connectivity index (χ0n) is 20.8. The molecule has 0 radical (unpaired) electrons. The SMILES string of the molecule is O=C(O)c1ccc(COc2cccc(C=Nn3c(-c4cc5cc(Cl)ccc5o4)nc4ccccc4c3=O)c2)cc1. The number of carbonyl (C=O) groups is 1. The summed E-state index contributed by atoms with van der Waals surface area (Å²) in [6.07, 6.45) is 1.55. The predicted molar refractivity (Wildman–Crippen MR) is 153 cm³/mol. The molecule has 4 aromatic carbocycles. The van der Waals surface area contributed by atoms with Crippen LogP contribution in [-0.2, 0) is 6.61 Å². The average molecular weight is 550 g/mol. The van der Waals surface area contributed by atoms with Crippen LogP contribution in [0.3, 0.4) is 0 Å². The number of nitrogens with zero attached hydrogens (tertiary/aromatic N) is 3. The fraction of sp³-hybridized carbons (Fsp3) is 0.0323. The maximum Gasteiger partial charge on any atom is 0.335 e. The number of ether oxygens (including phenoxy) is 1. The summed E-state index contributed by atoms with van der Waals surface area (Å²) < 4.78 is 13.1. The van der Waals surface area contributed by atoms with Crippen LogP contribution in [0.25, 0.3) is 33.5 Å². The molecular formula is C31H20ClN3O5. The van der Waals surface area contributed by atoms with Crippen molar-refractivity contribution in [1.82, 2.24) is 9.66 Å². The molecule has 0 bridgehead atoms. The van der Waals surface area contributed by atoms with Crippen molar-refractivity contribution in [3.05, 3.63) is 129 Å². The summed E-state index contributed by atoms with van der Waals surface area (Å²) >= 11 is 6.15. The zero-order chi connectivity index (χ0) is 27.6. The molecule has 0 saturated carbocycles. The third-order valence-electron chi connectivity index (χ3n) is 6.24. The Labute approximate surface area is 232 Å². The number of aromatic carboxylic acids is 1. The van der Waals surface area contributed by atoms with Gasteiger partial charge in [-0.1, -0.05) is 48.0 Å². The lowest BCUT2D eigenvalue weighted by atomic mass is 10.1. The normalized spacial score (nSPS) is 11.4. The zero-order valence-corrected chi connectivity index (χ0v) is 21.6. The monoisotopic (exact) mass is 549 g/mol. The molecule has 196 valence electrons. The van der Waals surface area contributed by atoms with Gasteiger partial charge in [-0.2, -0.15) is 9.78 Å². The molecule has 40 heavy (non-hydrogen) atoms. The van der Waals surface area contributed by atoms with Crippen molar-refractivity contribution in [3.8, 4) is 17.3 Å². The first kappa shape index (κ1) is 25.1. The molecule has 0 spiro atoms. The molecule has 8 nitrogen and oxygen atoms in total. The van der Waals surface area contributed by atoms with E-state index in [0.717, 1.165) is 10.9 Å². The highest BCUT2D eigenvalue weighted by Crippen LogP contribution is 2.29. The molecule has 0 amide bonds. The molecule has 6 rings (SSSR count). The topological polar surface area (TPSA) is 107 Å². The van der Waals surface area contributed by atoms with E-state index < -0.39 is 5.97 Å². The number of hydrogen-bond donors (Lipinski definition) is 1. The number of furan rings is 1. The summed E-state index contributed by atoms with van der Waals surface area (Å²) in [5.74, 6) is 0.241. The molecule has 0 unspecified atom stereocenters. The first-order valence-electron chi connectivity index (χ1n) is 12.3. The fourth-order valence-corrected chi connectivity index (χ4v) is 4.41. The van der Waals surface area contributed by atoms with Crippen LogP contribution in [0, 0.1) is 0 Å². The number of fused-ring (bicyclic) bond motifs is 2. The number of hydrogen-bond acceptors (Lipinski definition) is 6. The van der Waals surface area contributed by atoms with Gasteiger partial charge in [-0.15, -0.1) is 0 Å². The molecule has 0 saturated heterocycles. The van der Waals surface area contributed by atoms with Crippen molar-refractivity contribution in [1.29, 1.82) is 0 Å². The summed E-state index contributed by atoms with van der Waals surface area (Å²) in [4.78, 5) is 29.2. The van der Waals surface area contributed by atoms with Crippen LogP contribution in [0.2, 0.25) is 5.02 Å². The van der Waals surface area contributed by atoms with Gasteiger partial charge in [0.1, 0.15) is 17.9 Å². The van der Waals surface area contributed by atoms with Crippen LogP contribution in [0.4, 0.5) is 0 Å². The van der Waals surface area contributed by atoms with E-state index in [2.05, 4.69) is 5.10 Å². The first-order chi connectivity index (χ1) is 19.4. The van der Waals surface area contributed by atoms with Gasteiger partial charge in [0.15, 0.2) is 5.76 Å². The molecule has 2 heterocycles. The van der Waals surface area contributed by atoms with E-state index in [-0.39, 0.29) is 23.6 Å². The Morgan fingerprint density at radius 2 is 1.82 bits per heavy atom. The Bertz CT molecular complexity index is 1980. The van der Waals surface area contributed by atoms with Crippen molar-refractivity contribution >= 4 is 45.7 Å². The molecule has 0 aliphatic carbocycles. The number of benzene rings is 4. The molecule has 0 fully saturated rings. The molecule has 1 N–H and O–H groups in total.